The van der Waals surface area contributed by atoms with Crippen LogP contribution in [0.15, 0.2) is 59.1 Å². The molecule has 1 aromatic heterocycles. The molecule has 0 amide bonds. The Bertz CT molecular complexity index is 733. The van der Waals surface area contributed by atoms with Gasteiger partial charge in [-0.25, -0.2) is 0 Å². The van der Waals surface area contributed by atoms with E-state index in [9.17, 15) is 0 Å². The first-order valence-corrected chi connectivity index (χ1v) is 7.67. The molecular formula is C16H12NO3Tc. The van der Waals surface area contributed by atoms with E-state index in [4.69, 9.17) is 11.5 Å². The van der Waals surface area contributed by atoms with E-state index < -0.39 is 17.6 Å². The summed E-state index contributed by atoms with van der Waals surface area (Å²) in [7, 11) is 0. The predicted molar refractivity (Wildman–Crippen MR) is 72.3 cm³/mol. The number of benzene rings is 2. The van der Waals surface area contributed by atoms with E-state index in [0.717, 1.165) is 28.1 Å². The first-order valence-electron chi connectivity index (χ1n) is 6.15. The number of hydrogen-bond acceptors (Lipinski definition) is 4. The molecule has 0 saturated heterocycles. The van der Waals surface area contributed by atoms with E-state index in [0.29, 0.717) is 0 Å². The first-order chi connectivity index (χ1) is 10.3. The molecule has 4 nitrogen and oxygen atoms in total. The molecule has 0 saturated carbocycles. The molecule has 1 heterocycles. The Morgan fingerprint density at radius 2 is 1.62 bits per heavy atom. The fraction of sp³-hybridized carbons (Fsp3) is 0.0625. The van der Waals surface area contributed by atoms with Crippen molar-refractivity contribution >= 4 is 0 Å². The van der Waals surface area contributed by atoms with Crippen LogP contribution in [0.4, 0.5) is 0 Å². The zero-order chi connectivity index (χ0) is 15.1. The molecule has 106 valence electrons. The zero-order valence-electron chi connectivity index (χ0n) is 11.2. The van der Waals surface area contributed by atoms with Crippen LogP contribution in [-0.2, 0) is 24.6 Å². The second-order valence-electron chi connectivity index (χ2n) is 4.18. The topological polar surface area (TPSA) is 60.2 Å². The second-order valence-corrected chi connectivity index (χ2v) is 4.49. The third kappa shape index (κ3) is 3.72. The number of hydrogen-bond donors (Lipinski definition) is 0. The van der Waals surface area contributed by atoms with E-state index in [-0.39, 0.29) is 0 Å². The minimum atomic E-state index is -1.91. The van der Waals surface area contributed by atoms with Crippen LogP contribution in [0.25, 0.3) is 22.4 Å². The van der Waals surface area contributed by atoms with Crippen molar-refractivity contribution in [1.29, 1.82) is 0 Å². The molecule has 21 heavy (non-hydrogen) atoms. The summed E-state index contributed by atoms with van der Waals surface area (Å²) >= 11 is -1.91. The Hall–Kier alpha value is -2.10. The van der Waals surface area contributed by atoms with Gasteiger partial charge in [-0.15, -0.1) is 5.56 Å². The summed E-state index contributed by atoms with van der Waals surface area (Å²) in [6.07, 6.45) is 0. The summed E-state index contributed by atoms with van der Waals surface area (Å²) in [5.74, 6) is 0.833. The van der Waals surface area contributed by atoms with Crippen molar-refractivity contribution < 1.29 is 29.1 Å². The van der Waals surface area contributed by atoms with E-state index >= 15 is 0 Å². The van der Waals surface area contributed by atoms with Gasteiger partial charge in [0.2, 0.25) is 0 Å². The van der Waals surface area contributed by atoms with Gasteiger partial charge in [0.1, 0.15) is 11.5 Å². The van der Waals surface area contributed by atoms with Gasteiger partial charge < -0.3 is 4.52 Å². The first kappa shape index (κ1) is 15.3. The molecule has 3 aromatic rings. The van der Waals surface area contributed by atoms with Crippen molar-refractivity contribution in [3.8, 4) is 22.4 Å². The Labute approximate surface area is 130 Å². The van der Waals surface area contributed by atoms with Crippen LogP contribution in [0.5, 0.6) is 0 Å². The van der Waals surface area contributed by atoms with Gasteiger partial charge in [-0.2, -0.15) is 30.3 Å². The maximum absolute atomic E-state index is 8.48. The van der Waals surface area contributed by atoms with Gasteiger partial charge in [0, 0.05) is 11.1 Å². The molecule has 0 fully saturated rings. The van der Waals surface area contributed by atoms with Crippen LogP contribution in [0, 0.1) is 13.0 Å². The van der Waals surface area contributed by atoms with Crippen LogP contribution in [-0.4, -0.2) is 5.16 Å². The Balaban J connectivity index is 0.000000497. The Kier molecular flexibility index (Phi) is 5.55. The monoisotopic (exact) mass is 363 g/mol. The fourth-order valence-corrected chi connectivity index (χ4v) is 2.06. The quantitative estimate of drug-likeness (QED) is 0.648. The van der Waals surface area contributed by atoms with Crippen molar-refractivity contribution in [2.75, 3.05) is 0 Å². The predicted octanol–water partition coefficient (Wildman–Crippen LogP) is 3.88. The van der Waals surface area contributed by atoms with Gasteiger partial charge in [0.15, 0.2) is 0 Å². The third-order valence-corrected chi connectivity index (χ3v) is 2.92. The van der Waals surface area contributed by atoms with Crippen molar-refractivity contribution in [1.82, 2.24) is 5.16 Å². The van der Waals surface area contributed by atoms with E-state index in [1.165, 1.54) is 0 Å². The van der Waals surface area contributed by atoms with Gasteiger partial charge in [-0.3, -0.25) is 0 Å². The number of rotatable bonds is 2. The molecule has 0 N–H and O–H groups in total. The van der Waals surface area contributed by atoms with Crippen LogP contribution in [0.2, 0.25) is 0 Å². The Morgan fingerprint density at radius 1 is 1.00 bits per heavy atom. The SMILES string of the molecule is Cc1onc(-c2ccccc2)c1-c1cc[c-]cc1.[O]=[Tc+]=[O]. The van der Waals surface area contributed by atoms with Crippen LogP contribution in [0.1, 0.15) is 5.76 Å². The third-order valence-electron chi connectivity index (χ3n) is 2.92. The molecule has 0 unspecified atom stereocenters. The number of aromatic nitrogens is 1. The molecule has 2 aromatic carbocycles. The molecule has 0 aliphatic heterocycles. The van der Waals surface area contributed by atoms with Crippen molar-refractivity contribution in [3.05, 3.63) is 66.4 Å². The standard InChI is InChI=1S/C16H12NO.2O.Tc/c1-12-15(13-8-4-2-5-9-13)16(17-18-12)14-10-6-3-7-11-14;;;/h3-11H,1H3;;;/q-1;;;+1. The number of nitrogens with zero attached hydrogens (tertiary/aromatic N) is 1. The van der Waals surface area contributed by atoms with Crippen molar-refractivity contribution in [2.24, 2.45) is 0 Å². The zero-order valence-corrected chi connectivity index (χ0v) is 13.1. The molecule has 0 aliphatic rings. The molecular weight excluding hydrogens is 352 g/mol. The van der Waals surface area contributed by atoms with E-state index in [2.05, 4.69) is 11.2 Å². The van der Waals surface area contributed by atoms with Gasteiger partial charge >= 0.3 is 24.6 Å². The van der Waals surface area contributed by atoms with Crippen LogP contribution in [0.3, 0.4) is 0 Å². The molecule has 5 heteroatoms. The van der Waals surface area contributed by atoms with Crippen LogP contribution >= 0.6 is 0 Å². The van der Waals surface area contributed by atoms with Gasteiger partial charge in [0.05, 0.1) is 0 Å². The summed E-state index contributed by atoms with van der Waals surface area (Å²) in [5, 5.41) is 4.18. The summed E-state index contributed by atoms with van der Waals surface area (Å²) in [4.78, 5) is 0. The fourth-order valence-electron chi connectivity index (χ4n) is 2.06. The van der Waals surface area contributed by atoms with Gasteiger partial charge in [-0.1, -0.05) is 35.5 Å². The summed E-state index contributed by atoms with van der Waals surface area (Å²) in [6.45, 7) is 1.94. The Morgan fingerprint density at radius 3 is 2.24 bits per heavy atom. The summed E-state index contributed by atoms with van der Waals surface area (Å²) in [5.41, 5.74) is 4.11. The number of aryl methyl sites for hydroxylation is 1. The molecule has 0 bridgehead atoms. The molecule has 3 rings (SSSR count). The van der Waals surface area contributed by atoms with Gasteiger partial charge in [0.25, 0.3) is 0 Å². The molecule has 0 spiro atoms. The van der Waals surface area contributed by atoms with Crippen molar-refractivity contribution in [2.45, 2.75) is 6.92 Å². The summed E-state index contributed by atoms with van der Waals surface area (Å²) in [6, 6.07) is 20.9. The second kappa shape index (κ2) is 7.62. The molecule has 0 aliphatic carbocycles. The average Bonchev–Trinajstić information content (AvgIpc) is 2.91. The molecule has 0 radical (unpaired) electrons. The minimum absolute atomic E-state index is 0.833. The summed E-state index contributed by atoms with van der Waals surface area (Å²) < 4.78 is 22.3. The van der Waals surface area contributed by atoms with Crippen molar-refractivity contribution in [3.63, 3.8) is 0 Å². The molecule has 0 atom stereocenters. The maximum atomic E-state index is 8.48. The average molecular weight is 364 g/mol. The van der Waals surface area contributed by atoms with Gasteiger partial charge in [-0.05, 0) is 6.92 Å². The van der Waals surface area contributed by atoms with E-state index in [1.54, 1.807) is 0 Å². The van der Waals surface area contributed by atoms with E-state index in [1.807, 2.05) is 61.5 Å². The van der Waals surface area contributed by atoms with Crippen LogP contribution < -0.4 is 0 Å². The normalized spacial score (nSPS) is 9.57.